The number of methoxy groups -OCH3 is 1. The number of hydrogen-bond acceptors (Lipinski definition) is 4. The molecule has 0 aromatic heterocycles. The van der Waals surface area contributed by atoms with Gasteiger partial charge in [-0.05, 0) is 37.4 Å². The summed E-state index contributed by atoms with van der Waals surface area (Å²) in [5.41, 5.74) is 1.12. The number of amides is 1. The van der Waals surface area contributed by atoms with E-state index in [4.69, 9.17) is 4.74 Å². The maximum Gasteiger partial charge on any atom is 0.239 e. The normalized spacial score (nSPS) is 24.2. The molecular formula is C18H28ClN3O2. The van der Waals surface area contributed by atoms with Crippen LogP contribution in [-0.2, 0) is 4.79 Å². The van der Waals surface area contributed by atoms with Gasteiger partial charge >= 0.3 is 0 Å². The van der Waals surface area contributed by atoms with E-state index in [1.54, 1.807) is 7.11 Å². The van der Waals surface area contributed by atoms with Crippen LogP contribution in [0.2, 0.25) is 0 Å². The average Bonchev–Trinajstić information content (AvgIpc) is 2.61. The van der Waals surface area contributed by atoms with Crippen LogP contribution in [0, 0.1) is 5.92 Å². The van der Waals surface area contributed by atoms with Gasteiger partial charge in [0, 0.05) is 26.2 Å². The van der Waals surface area contributed by atoms with E-state index in [1.807, 2.05) is 23.1 Å². The van der Waals surface area contributed by atoms with Crippen molar-refractivity contribution in [3.05, 3.63) is 24.3 Å². The topological polar surface area (TPSA) is 44.8 Å². The number of benzene rings is 1. The molecule has 3 rings (SSSR count). The number of carbonyl (C=O) groups is 1. The van der Waals surface area contributed by atoms with Crippen LogP contribution >= 0.6 is 12.4 Å². The first-order valence-corrected chi connectivity index (χ1v) is 8.59. The molecule has 1 N–H and O–H groups in total. The minimum Gasteiger partial charge on any atom is -0.495 e. The molecule has 2 fully saturated rings. The highest BCUT2D eigenvalue weighted by Gasteiger charge is 2.30. The van der Waals surface area contributed by atoms with E-state index in [2.05, 4.69) is 23.2 Å². The zero-order chi connectivity index (χ0) is 16.2. The van der Waals surface area contributed by atoms with Gasteiger partial charge in [-0.2, -0.15) is 0 Å². The van der Waals surface area contributed by atoms with Crippen LogP contribution in [0.1, 0.15) is 19.8 Å². The third kappa shape index (κ3) is 4.14. The lowest BCUT2D eigenvalue weighted by Gasteiger charge is -2.39. The first-order chi connectivity index (χ1) is 11.2. The second-order valence-corrected chi connectivity index (χ2v) is 6.62. The third-order valence-corrected chi connectivity index (χ3v) is 4.98. The number of para-hydroxylation sites is 2. The fourth-order valence-corrected chi connectivity index (χ4v) is 3.57. The average molecular weight is 354 g/mol. The SMILES string of the molecule is COc1ccccc1N1CCN(C(=O)C2CC(C)CCN2)CC1.Cl. The minimum absolute atomic E-state index is 0. The van der Waals surface area contributed by atoms with Crippen molar-refractivity contribution in [2.45, 2.75) is 25.8 Å². The van der Waals surface area contributed by atoms with Crippen LogP contribution in [0.5, 0.6) is 5.75 Å². The Bertz CT molecular complexity index is 547. The van der Waals surface area contributed by atoms with Gasteiger partial charge in [0.25, 0.3) is 0 Å². The Morgan fingerprint density at radius 1 is 1.21 bits per heavy atom. The van der Waals surface area contributed by atoms with Crippen molar-refractivity contribution in [2.75, 3.05) is 44.7 Å². The molecule has 2 aliphatic heterocycles. The zero-order valence-electron chi connectivity index (χ0n) is 14.5. The standard InChI is InChI=1S/C18H27N3O2.ClH/c1-14-7-8-19-15(13-14)18(22)21-11-9-20(10-12-21)16-5-3-4-6-17(16)23-2;/h3-6,14-15,19H,7-13H2,1-2H3;1H. The number of nitrogens with one attached hydrogen (secondary N) is 1. The Balaban J connectivity index is 0.00000208. The molecule has 2 aliphatic rings. The molecule has 0 spiro atoms. The molecule has 0 bridgehead atoms. The van der Waals surface area contributed by atoms with Crippen molar-refractivity contribution in [3.8, 4) is 5.75 Å². The van der Waals surface area contributed by atoms with E-state index >= 15 is 0 Å². The van der Waals surface area contributed by atoms with Crippen molar-refractivity contribution < 1.29 is 9.53 Å². The van der Waals surface area contributed by atoms with Gasteiger partial charge in [0.1, 0.15) is 5.75 Å². The summed E-state index contributed by atoms with van der Waals surface area (Å²) in [5.74, 6) is 1.81. The molecule has 24 heavy (non-hydrogen) atoms. The Kier molecular flexibility index (Phi) is 6.75. The van der Waals surface area contributed by atoms with Crippen LogP contribution in [-0.4, -0.2) is 56.7 Å². The molecule has 2 unspecified atom stereocenters. The predicted octanol–water partition coefficient (Wildman–Crippen LogP) is 2.15. The predicted molar refractivity (Wildman–Crippen MR) is 99.2 cm³/mol. The van der Waals surface area contributed by atoms with Gasteiger partial charge in [-0.3, -0.25) is 4.79 Å². The highest BCUT2D eigenvalue weighted by molar-refractivity contribution is 5.85. The lowest BCUT2D eigenvalue weighted by molar-refractivity contribution is -0.134. The maximum atomic E-state index is 12.7. The smallest absolute Gasteiger partial charge is 0.239 e. The van der Waals surface area contributed by atoms with E-state index in [9.17, 15) is 4.79 Å². The quantitative estimate of drug-likeness (QED) is 0.904. The first kappa shape index (κ1) is 18.9. The summed E-state index contributed by atoms with van der Waals surface area (Å²) in [4.78, 5) is 17.0. The summed E-state index contributed by atoms with van der Waals surface area (Å²) in [6.07, 6.45) is 2.14. The van der Waals surface area contributed by atoms with Crippen molar-refractivity contribution in [1.29, 1.82) is 0 Å². The second-order valence-electron chi connectivity index (χ2n) is 6.62. The summed E-state index contributed by atoms with van der Waals surface area (Å²) in [6, 6.07) is 8.10. The largest absolute Gasteiger partial charge is 0.495 e. The monoisotopic (exact) mass is 353 g/mol. The molecule has 1 aromatic rings. The second kappa shape index (κ2) is 8.58. The van der Waals surface area contributed by atoms with Gasteiger partial charge in [0.05, 0.1) is 18.8 Å². The van der Waals surface area contributed by atoms with Crippen LogP contribution in [0.3, 0.4) is 0 Å². The van der Waals surface area contributed by atoms with Crippen LogP contribution in [0.15, 0.2) is 24.3 Å². The molecule has 2 saturated heterocycles. The molecule has 2 heterocycles. The van der Waals surface area contributed by atoms with Gasteiger partial charge in [-0.1, -0.05) is 19.1 Å². The van der Waals surface area contributed by atoms with Crippen LogP contribution in [0.25, 0.3) is 0 Å². The number of hydrogen-bond donors (Lipinski definition) is 1. The molecular weight excluding hydrogens is 326 g/mol. The van der Waals surface area contributed by atoms with Crippen molar-refractivity contribution >= 4 is 24.0 Å². The van der Waals surface area contributed by atoms with Gasteiger partial charge in [-0.25, -0.2) is 0 Å². The summed E-state index contributed by atoms with van der Waals surface area (Å²) < 4.78 is 5.45. The number of piperidine rings is 1. The minimum atomic E-state index is 0. The Morgan fingerprint density at radius 2 is 1.92 bits per heavy atom. The number of piperazine rings is 1. The van der Waals surface area contributed by atoms with E-state index in [1.165, 1.54) is 6.42 Å². The Morgan fingerprint density at radius 3 is 2.58 bits per heavy atom. The van der Waals surface area contributed by atoms with Crippen LogP contribution in [0.4, 0.5) is 5.69 Å². The van der Waals surface area contributed by atoms with Crippen LogP contribution < -0.4 is 15.0 Å². The number of halogens is 1. The Hall–Kier alpha value is -1.46. The van der Waals surface area contributed by atoms with Crippen molar-refractivity contribution in [2.24, 2.45) is 5.92 Å². The summed E-state index contributed by atoms with van der Waals surface area (Å²) >= 11 is 0. The third-order valence-electron chi connectivity index (χ3n) is 4.98. The number of ether oxygens (including phenoxy) is 1. The Labute approximate surface area is 150 Å². The summed E-state index contributed by atoms with van der Waals surface area (Å²) in [7, 11) is 1.70. The van der Waals surface area contributed by atoms with Gasteiger partial charge in [0.15, 0.2) is 0 Å². The lowest BCUT2D eigenvalue weighted by atomic mass is 9.93. The molecule has 6 heteroatoms. The number of nitrogens with zero attached hydrogens (tertiary/aromatic N) is 2. The summed E-state index contributed by atoms with van der Waals surface area (Å²) in [6.45, 7) is 6.47. The molecule has 0 radical (unpaired) electrons. The number of rotatable bonds is 3. The van der Waals surface area contributed by atoms with E-state index in [0.717, 1.165) is 50.6 Å². The molecule has 5 nitrogen and oxygen atoms in total. The summed E-state index contributed by atoms with van der Waals surface area (Å²) in [5, 5.41) is 3.38. The lowest BCUT2D eigenvalue weighted by Crippen LogP contribution is -2.55. The molecule has 0 saturated carbocycles. The van der Waals surface area contributed by atoms with Gasteiger partial charge in [0.2, 0.25) is 5.91 Å². The highest BCUT2D eigenvalue weighted by Crippen LogP contribution is 2.28. The zero-order valence-corrected chi connectivity index (χ0v) is 15.3. The number of carbonyl (C=O) groups excluding carboxylic acids is 1. The molecule has 2 atom stereocenters. The molecule has 1 amide bonds. The van der Waals surface area contributed by atoms with Crippen molar-refractivity contribution in [3.63, 3.8) is 0 Å². The molecule has 0 aliphatic carbocycles. The molecule has 134 valence electrons. The fourth-order valence-electron chi connectivity index (χ4n) is 3.57. The van der Waals surface area contributed by atoms with Gasteiger partial charge in [-0.15, -0.1) is 12.4 Å². The highest BCUT2D eigenvalue weighted by atomic mass is 35.5. The first-order valence-electron chi connectivity index (χ1n) is 8.59. The van der Waals surface area contributed by atoms with E-state index < -0.39 is 0 Å². The molecule has 1 aromatic carbocycles. The van der Waals surface area contributed by atoms with Gasteiger partial charge < -0.3 is 19.9 Å². The number of anilines is 1. The van der Waals surface area contributed by atoms with E-state index in [0.29, 0.717) is 5.92 Å². The van der Waals surface area contributed by atoms with Crippen molar-refractivity contribution in [1.82, 2.24) is 10.2 Å². The van der Waals surface area contributed by atoms with E-state index in [-0.39, 0.29) is 24.4 Å². The fraction of sp³-hybridized carbons (Fsp3) is 0.611. The maximum absolute atomic E-state index is 12.7.